The minimum absolute atomic E-state index is 0.0695. The molecule has 0 aliphatic carbocycles. The van der Waals surface area contributed by atoms with Gasteiger partial charge < -0.3 is 10.1 Å². The Balaban J connectivity index is 2.13. The molecule has 2 rings (SSSR count). The maximum atomic E-state index is 6.32. The van der Waals surface area contributed by atoms with Crippen molar-refractivity contribution in [1.29, 1.82) is 0 Å². The molecule has 2 nitrogen and oxygen atoms in total. The van der Waals surface area contributed by atoms with Crippen molar-refractivity contribution < 1.29 is 4.74 Å². The molecule has 2 unspecified atom stereocenters. The van der Waals surface area contributed by atoms with E-state index in [-0.39, 0.29) is 12.2 Å². The maximum Gasteiger partial charge on any atom is 0.0957 e. The van der Waals surface area contributed by atoms with Gasteiger partial charge in [0.05, 0.1) is 12.2 Å². The smallest absolute Gasteiger partial charge is 0.0957 e. The number of rotatable bonds is 7. The molecule has 0 radical (unpaired) electrons. The Bertz CT molecular complexity index is 538. The average molecular weight is 283 g/mol. The van der Waals surface area contributed by atoms with E-state index in [4.69, 9.17) is 4.74 Å². The first kappa shape index (κ1) is 15.7. The van der Waals surface area contributed by atoms with Crippen molar-refractivity contribution in [3.8, 4) is 0 Å². The summed E-state index contributed by atoms with van der Waals surface area (Å²) in [5, 5.41) is 3.40. The van der Waals surface area contributed by atoms with Crippen molar-refractivity contribution in [2.45, 2.75) is 33.0 Å². The molecule has 0 aliphatic heterocycles. The van der Waals surface area contributed by atoms with E-state index < -0.39 is 0 Å². The van der Waals surface area contributed by atoms with E-state index in [1.807, 2.05) is 6.07 Å². The average Bonchev–Trinajstić information content (AvgIpc) is 2.52. The zero-order valence-electron chi connectivity index (χ0n) is 13.2. The third-order valence-corrected chi connectivity index (χ3v) is 3.63. The number of aryl methyl sites for hydroxylation is 1. The van der Waals surface area contributed by atoms with Crippen molar-refractivity contribution in [3.05, 3.63) is 71.3 Å². The molecule has 1 N–H and O–H groups in total. The lowest BCUT2D eigenvalue weighted by atomic mass is 10.1. The quantitative estimate of drug-likeness (QED) is 0.812. The maximum absolute atomic E-state index is 6.32. The minimum atomic E-state index is 0.0695. The van der Waals surface area contributed by atoms with E-state index in [1.165, 1.54) is 16.7 Å². The Morgan fingerprint density at radius 3 is 2.38 bits per heavy atom. The predicted octanol–water partition coefficient (Wildman–Crippen LogP) is 4.42. The molecule has 2 aromatic rings. The Hall–Kier alpha value is -1.64. The molecule has 0 amide bonds. The minimum Gasteiger partial charge on any atom is -0.365 e. The van der Waals surface area contributed by atoms with Gasteiger partial charge >= 0.3 is 0 Å². The van der Waals surface area contributed by atoms with Crippen molar-refractivity contribution in [2.75, 3.05) is 13.1 Å². The molecular formula is C19H25NO. The highest BCUT2D eigenvalue weighted by atomic mass is 16.5. The molecule has 112 valence electrons. The van der Waals surface area contributed by atoms with E-state index in [9.17, 15) is 0 Å². The Morgan fingerprint density at radius 1 is 1.00 bits per heavy atom. The highest BCUT2D eigenvalue weighted by molar-refractivity contribution is 5.25. The van der Waals surface area contributed by atoms with Crippen molar-refractivity contribution in [1.82, 2.24) is 5.32 Å². The third kappa shape index (κ3) is 4.69. The molecular weight excluding hydrogens is 258 g/mol. The van der Waals surface area contributed by atoms with Gasteiger partial charge in [-0.3, -0.25) is 0 Å². The Kier molecular flexibility index (Phi) is 5.97. The lowest BCUT2D eigenvalue weighted by Crippen LogP contribution is -2.24. The van der Waals surface area contributed by atoms with E-state index >= 15 is 0 Å². The normalized spacial score (nSPS) is 13.9. The van der Waals surface area contributed by atoms with Crippen LogP contribution in [-0.2, 0) is 4.74 Å². The third-order valence-electron chi connectivity index (χ3n) is 3.63. The first-order valence-electron chi connectivity index (χ1n) is 7.68. The first-order valence-corrected chi connectivity index (χ1v) is 7.68. The lowest BCUT2D eigenvalue weighted by Gasteiger charge is -2.24. The van der Waals surface area contributed by atoms with Crippen LogP contribution in [0.4, 0.5) is 0 Å². The van der Waals surface area contributed by atoms with Crippen LogP contribution in [0.15, 0.2) is 54.6 Å². The van der Waals surface area contributed by atoms with Gasteiger partial charge in [-0.1, -0.05) is 67.1 Å². The summed E-state index contributed by atoms with van der Waals surface area (Å²) in [5.41, 5.74) is 3.72. The number of nitrogens with one attached hydrogen (secondary N) is 1. The summed E-state index contributed by atoms with van der Waals surface area (Å²) in [5.74, 6) is 0. The number of likely N-dealkylation sites (N-methyl/N-ethyl adjacent to an activating group) is 1. The Morgan fingerprint density at radius 2 is 1.71 bits per heavy atom. The molecule has 0 saturated heterocycles. The Labute approximate surface area is 128 Å². The lowest BCUT2D eigenvalue weighted by molar-refractivity contribution is -0.00412. The molecule has 0 spiro atoms. The van der Waals surface area contributed by atoms with Crippen molar-refractivity contribution in [3.63, 3.8) is 0 Å². The largest absolute Gasteiger partial charge is 0.365 e. The fourth-order valence-electron chi connectivity index (χ4n) is 2.44. The molecule has 21 heavy (non-hydrogen) atoms. The van der Waals surface area contributed by atoms with Crippen LogP contribution in [-0.4, -0.2) is 13.1 Å². The van der Waals surface area contributed by atoms with Crippen LogP contribution in [0, 0.1) is 6.92 Å². The summed E-state index contributed by atoms with van der Waals surface area (Å²) in [6.45, 7) is 8.13. The van der Waals surface area contributed by atoms with Gasteiger partial charge in [-0.25, -0.2) is 0 Å². The molecule has 0 saturated carbocycles. The zero-order chi connectivity index (χ0) is 15.1. The van der Waals surface area contributed by atoms with Crippen molar-refractivity contribution in [2.24, 2.45) is 0 Å². The predicted molar refractivity (Wildman–Crippen MR) is 88.4 cm³/mol. The molecule has 2 aromatic carbocycles. The topological polar surface area (TPSA) is 21.3 Å². The summed E-state index contributed by atoms with van der Waals surface area (Å²) in [6.07, 6.45) is 0.149. The number of hydrogen-bond donors (Lipinski definition) is 1. The zero-order valence-corrected chi connectivity index (χ0v) is 13.2. The van der Waals surface area contributed by atoms with Gasteiger partial charge in [-0.15, -0.1) is 0 Å². The van der Waals surface area contributed by atoms with E-state index in [2.05, 4.69) is 74.6 Å². The van der Waals surface area contributed by atoms with Gasteiger partial charge in [0.2, 0.25) is 0 Å². The van der Waals surface area contributed by atoms with Crippen LogP contribution in [0.5, 0.6) is 0 Å². The number of benzene rings is 2. The summed E-state index contributed by atoms with van der Waals surface area (Å²) in [6, 6.07) is 19.0. The van der Waals surface area contributed by atoms with Gasteiger partial charge in [0.25, 0.3) is 0 Å². The molecule has 2 atom stereocenters. The van der Waals surface area contributed by atoms with E-state index in [0.29, 0.717) is 0 Å². The summed E-state index contributed by atoms with van der Waals surface area (Å²) in [4.78, 5) is 0. The fourth-order valence-corrected chi connectivity index (χ4v) is 2.44. The highest BCUT2D eigenvalue weighted by Gasteiger charge is 2.16. The van der Waals surface area contributed by atoms with E-state index in [0.717, 1.165) is 13.1 Å². The van der Waals surface area contributed by atoms with Crippen molar-refractivity contribution >= 4 is 0 Å². The number of ether oxygens (including phenoxy) is 1. The molecule has 0 aromatic heterocycles. The summed E-state index contributed by atoms with van der Waals surface area (Å²) < 4.78 is 6.32. The molecule has 0 aliphatic rings. The van der Waals surface area contributed by atoms with Crippen LogP contribution < -0.4 is 5.32 Å². The molecule has 2 heteroatoms. The van der Waals surface area contributed by atoms with Crippen LogP contribution in [0.2, 0.25) is 0 Å². The van der Waals surface area contributed by atoms with Gasteiger partial charge in [0.15, 0.2) is 0 Å². The van der Waals surface area contributed by atoms with E-state index in [1.54, 1.807) is 0 Å². The summed E-state index contributed by atoms with van der Waals surface area (Å²) in [7, 11) is 0. The fraction of sp³-hybridized carbons (Fsp3) is 0.368. The standard InChI is InChI=1S/C19H25NO/c1-4-20-14-19(18-12-8-9-15(2)13-18)21-16(3)17-10-6-5-7-11-17/h5-13,16,19-20H,4,14H2,1-3H3. The highest BCUT2D eigenvalue weighted by Crippen LogP contribution is 2.26. The van der Waals surface area contributed by atoms with Gasteiger partial charge in [0, 0.05) is 6.54 Å². The molecule has 0 heterocycles. The molecule has 0 fully saturated rings. The van der Waals surface area contributed by atoms with Gasteiger partial charge in [0.1, 0.15) is 0 Å². The second-order valence-electron chi connectivity index (χ2n) is 5.40. The van der Waals surface area contributed by atoms with Gasteiger partial charge in [-0.05, 0) is 31.5 Å². The SMILES string of the molecule is CCNCC(OC(C)c1ccccc1)c1cccc(C)c1. The first-order chi connectivity index (χ1) is 10.2. The number of hydrogen-bond acceptors (Lipinski definition) is 2. The van der Waals surface area contributed by atoms with Crippen LogP contribution in [0.25, 0.3) is 0 Å². The van der Waals surface area contributed by atoms with Crippen LogP contribution in [0.3, 0.4) is 0 Å². The van der Waals surface area contributed by atoms with Gasteiger partial charge in [-0.2, -0.15) is 0 Å². The second kappa shape index (κ2) is 7.96. The van der Waals surface area contributed by atoms with Crippen LogP contribution >= 0.6 is 0 Å². The second-order valence-corrected chi connectivity index (χ2v) is 5.40. The van der Waals surface area contributed by atoms with Crippen LogP contribution in [0.1, 0.15) is 42.7 Å². The summed E-state index contributed by atoms with van der Waals surface area (Å²) >= 11 is 0. The monoisotopic (exact) mass is 283 g/mol. The molecule has 0 bridgehead atoms.